The molecule has 0 aliphatic rings. The number of nitrogens with zero attached hydrogens (tertiary/aromatic N) is 3. The van der Waals surface area contributed by atoms with E-state index in [2.05, 4.69) is 20.0 Å². The van der Waals surface area contributed by atoms with Crippen molar-refractivity contribution in [1.29, 1.82) is 0 Å². The number of rotatable bonds is 10. The van der Waals surface area contributed by atoms with Gasteiger partial charge in [0.25, 0.3) is 15.9 Å². The first-order valence-electron chi connectivity index (χ1n) is 12.0. The van der Waals surface area contributed by atoms with E-state index in [4.69, 9.17) is 0 Å². The van der Waals surface area contributed by atoms with Crippen LogP contribution in [-0.4, -0.2) is 43.6 Å². The molecule has 12 heteroatoms. The molecular formula is C27H27N5O5S2. The maximum atomic E-state index is 13.1. The molecule has 1 aromatic heterocycles. The number of hydrogen-bond donors (Lipinski definition) is 2. The average Bonchev–Trinajstić information content (AvgIpc) is 2.92. The molecule has 0 radical (unpaired) electrons. The summed E-state index contributed by atoms with van der Waals surface area (Å²) in [7, 11) is -7.69. The third kappa shape index (κ3) is 6.85. The minimum atomic E-state index is -3.92. The topological polar surface area (TPSA) is 138 Å². The van der Waals surface area contributed by atoms with E-state index in [1.54, 1.807) is 19.9 Å². The van der Waals surface area contributed by atoms with Crippen molar-refractivity contribution in [3.8, 4) is 0 Å². The predicted octanol–water partition coefficient (Wildman–Crippen LogP) is 4.05. The standard InChI is InChI=1S/C27H27N5O5S2/c1-3-32(19-21-7-5-4-6-8-21)39(36,37)25-13-9-22(10-14-25)26(33)30-23-11-15-24(16-12-23)38(34,35)31-27-28-18-17-20(2)29-27/h4-18H,3,19H2,1-2H3,(H,30,33)(H,28,29,31). The van der Waals surface area contributed by atoms with Gasteiger partial charge in [-0.05, 0) is 67.1 Å². The molecule has 0 spiro atoms. The van der Waals surface area contributed by atoms with Crippen molar-refractivity contribution < 1.29 is 21.6 Å². The summed E-state index contributed by atoms with van der Waals surface area (Å²) in [4.78, 5) is 20.7. The Morgan fingerprint density at radius 1 is 0.846 bits per heavy atom. The lowest BCUT2D eigenvalue weighted by molar-refractivity contribution is 0.102. The highest BCUT2D eigenvalue weighted by atomic mass is 32.2. The number of carbonyl (C=O) groups is 1. The normalized spacial score (nSPS) is 11.8. The number of hydrogen-bond acceptors (Lipinski definition) is 7. The quantitative estimate of drug-likeness (QED) is 0.296. The third-order valence-corrected chi connectivity index (χ3v) is 9.03. The van der Waals surface area contributed by atoms with Gasteiger partial charge < -0.3 is 5.32 Å². The van der Waals surface area contributed by atoms with Crippen LogP contribution in [0.3, 0.4) is 0 Å². The van der Waals surface area contributed by atoms with E-state index in [-0.39, 0.29) is 27.8 Å². The molecule has 1 amide bonds. The molecule has 39 heavy (non-hydrogen) atoms. The van der Waals surface area contributed by atoms with E-state index in [9.17, 15) is 21.6 Å². The average molecular weight is 566 g/mol. The molecule has 4 aromatic rings. The van der Waals surface area contributed by atoms with Gasteiger partial charge in [0, 0.05) is 36.2 Å². The van der Waals surface area contributed by atoms with Crippen LogP contribution in [-0.2, 0) is 26.6 Å². The fourth-order valence-corrected chi connectivity index (χ4v) is 6.07. The van der Waals surface area contributed by atoms with Crippen LogP contribution in [0.4, 0.5) is 11.6 Å². The smallest absolute Gasteiger partial charge is 0.264 e. The highest BCUT2D eigenvalue weighted by molar-refractivity contribution is 7.92. The zero-order valence-electron chi connectivity index (χ0n) is 21.3. The summed E-state index contributed by atoms with van der Waals surface area (Å²) in [5.74, 6) is -0.516. The highest BCUT2D eigenvalue weighted by Gasteiger charge is 2.23. The van der Waals surface area contributed by atoms with Crippen LogP contribution in [0.2, 0.25) is 0 Å². The lowest BCUT2D eigenvalue weighted by Gasteiger charge is -2.20. The zero-order valence-corrected chi connectivity index (χ0v) is 22.9. The maximum Gasteiger partial charge on any atom is 0.264 e. The van der Waals surface area contributed by atoms with Crippen molar-refractivity contribution in [2.24, 2.45) is 0 Å². The van der Waals surface area contributed by atoms with Crippen molar-refractivity contribution in [3.05, 3.63) is 108 Å². The van der Waals surface area contributed by atoms with E-state index in [0.29, 0.717) is 17.9 Å². The molecule has 0 bridgehead atoms. The summed E-state index contributed by atoms with van der Waals surface area (Å²) in [6, 6.07) is 22.2. The van der Waals surface area contributed by atoms with Crippen LogP contribution in [0.25, 0.3) is 0 Å². The Kier molecular flexibility index (Phi) is 8.38. The summed E-state index contributed by atoms with van der Waals surface area (Å²) in [6.45, 7) is 4.01. The minimum absolute atomic E-state index is 0.0313. The number of benzene rings is 3. The van der Waals surface area contributed by atoms with Crippen LogP contribution in [0.15, 0.2) is 101 Å². The summed E-state index contributed by atoms with van der Waals surface area (Å²) >= 11 is 0. The number of sulfonamides is 2. The van der Waals surface area contributed by atoms with Gasteiger partial charge >= 0.3 is 0 Å². The Morgan fingerprint density at radius 3 is 2.10 bits per heavy atom. The molecule has 0 saturated heterocycles. The first kappa shape index (κ1) is 27.9. The summed E-state index contributed by atoms with van der Waals surface area (Å²) in [5, 5.41) is 2.68. The zero-order chi connectivity index (χ0) is 28.0. The molecule has 1 heterocycles. The second kappa shape index (κ2) is 11.7. The molecule has 202 valence electrons. The number of anilines is 2. The van der Waals surface area contributed by atoms with Gasteiger partial charge in [-0.15, -0.1) is 0 Å². The monoisotopic (exact) mass is 565 g/mol. The lowest BCUT2D eigenvalue weighted by atomic mass is 10.2. The molecule has 0 atom stereocenters. The van der Waals surface area contributed by atoms with Gasteiger partial charge in [-0.2, -0.15) is 4.31 Å². The fraction of sp³-hybridized carbons (Fsp3) is 0.148. The Balaban J connectivity index is 1.42. The van der Waals surface area contributed by atoms with Crippen molar-refractivity contribution >= 4 is 37.6 Å². The number of amides is 1. The first-order valence-corrected chi connectivity index (χ1v) is 14.9. The van der Waals surface area contributed by atoms with Crippen molar-refractivity contribution in [1.82, 2.24) is 14.3 Å². The van der Waals surface area contributed by atoms with Gasteiger partial charge in [0.05, 0.1) is 9.79 Å². The van der Waals surface area contributed by atoms with Crippen molar-refractivity contribution in [3.63, 3.8) is 0 Å². The van der Waals surface area contributed by atoms with Crippen LogP contribution >= 0.6 is 0 Å². The van der Waals surface area contributed by atoms with Crippen molar-refractivity contribution in [2.45, 2.75) is 30.2 Å². The number of aryl methyl sites for hydroxylation is 1. The molecule has 0 aliphatic heterocycles. The Bertz CT molecular complexity index is 1660. The van der Waals surface area contributed by atoms with Gasteiger partial charge in [0.2, 0.25) is 16.0 Å². The largest absolute Gasteiger partial charge is 0.322 e. The third-order valence-electron chi connectivity index (χ3n) is 5.75. The van der Waals surface area contributed by atoms with Gasteiger partial charge in [-0.3, -0.25) is 4.79 Å². The Hall–Kier alpha value is -4.13. The predicted molar refractivity (Wildman–Crippen MR) is 148 cm³/mol. The lowest BCUT2D eigenvalue weighted by Crippen LogP contribution is -2.30. The van der Waals surface area contributed by atoms with E-state index >= 15 is 0 Å². The molecule has 0 unspecified atom stereocenters. The maximum absolute atomic E-state index is 13.1. The van der Waals surface area contributed by atoms with Gasteiger partial charge in [-0.1, -0.05) is 37.3 Å². The minimum Gasteiger partial charge on any atom is -0.322 e. The molecular weight excluding hydrogens is 538 g/mol. The molecule has 0 saturated carbocycles. The Labute approximate surface area is 227 Å². The van der Waals surface area contributed by atoms with Crippen LogP contribution in [0.5, 0.6) is 0 Å². The molecule has 3 aromatic carbocycles. The SMILES string of the molecule is CCN(Cc1ccccc1)S(=O)(=O)c1ccc(C(=O)Nc2ccc(S(=O)(=O)Nc3nccc(C)n3)cc2)cc1. The summed E-state index contributed by atoms with van der Waals surface area (Å²) in [5.41, 5.74) is 2.09. The van der Waals surface area contributed by atoms with Gasteiger partial charge in [0.1, 0.15) is 0 Å². The van der Waals surface area contributed by atoms with Gasteiger partial charge in [-0.25, -0.2) is 31.5 Å². The number of aromatic nitrogens is 2. The van der Waals surface area contributed by atoms with Crippen LogP contribution in [0, 0.1) is 6.92 Å². The van der Waals surface area contributed by atoms with Gasteiger partial charge in [0.15, 0.2) is 0 Å². The second-order valence-corrected chi connectivity index (χ2v) is 12.2. The van der Waals surface area contributed by atoms with E-state index in [0.717, 1.165) is 5.56 Å². The number of nitrogens with one attached hydrogen (secondary N) is 2. The number of carbonyl (C=O) groups excluding carboxylic acids is 1. The summed E-state index contributed by atoms with van der Waals surface area (Å²) < 4.78 is 55.2. The highest BCUT2D eigenvalue weighted by Crippen LogP contribution is 2.21. The van der Waals surface area contributed by atoms with E-state index in [1.807, 2.05) is 30.3 Å². The van der Waals surface area contributed by atoms with E-state index in [1.165, 1.54) is 59.0 Å². The van der Waals surface area contributed by atoms with E-state index < -0.39 is 26.0 Å². The van der Waals surface area contributed by atoms with Crippen LogP contribution in [0.1, 0.15) is 28.5 Å². The Morgan fingerprint density at radius 2 is 1.49 bits per heavy atom. The van der Waals surface area contributed by atoms with Crippen molar-refractivity contribution in [2.75, 3.05) is 16.6 Å². The molecule has 0 fully saturated rings. The fourth-order valence-electron chi connectivity index (χ4n) is 3.68. The first-order chi connectivity index (χ1) is 18.6. The molecule has 2 N–H and O–H groups in total. The van der Waals surface area contributed by atoms with Crippen LogP contribution < -0.4 is 10.0 Å². The molecule has 0 aliphatic carbocycles. The molecule has 10 nitrogen and oxygen atoms in total. The summed E-state index contributed by atoms with van der Waals surface area (Å²) in [6.07, 6.45) is 1.45. The second-order valence-electron chi connectivity index (χ2n) is 8.55. The molecule has 4 rings (SSSR count).